The number of carbonyl (C=O) groups excluding carboxylic acids is 1. The fraction of sp³-hybridized carbons (Fsp3) is 0.462. The number of hydrogen-bond acceptors (Lipinski definition) is 2. The quantitative estimate of drug-likeness (QED) is 0.467. The molecule has 6 heteroatoms. The second kappa shape index (κ2) is 6.14. The van der Waals surface area contributed by atoms with Crippen molar-refractivity contribution in [2.75, 3.05) is 13.2 Å². The molecule has 1 aromatic rings. The Labute approximate surface area is 108 Å². The first-order chi connectivity index (χ1) is 8.70. The van der Waals surface area contributed by atoms with Gasteiger partial charge in [0.25, 0.3) is 0 Å². The summed E-state index contributed by atoms with van der Waals surface area (Å²) in [6.45, 7) is 1.48. The third-order valence-electron chi connectivity index (χ3n) is 2.52. The van der Waals surface area contributed by atoms with Gasteiger partial charge < -0.3 is 4.74 Å². The molecule has 0 heterocycles. The number of alkyl halides is 3. The Morgan fingerprint density at radius 2 is 1.74 bits per heavy atom. The summed E-state index contributed by atoms with van der Waals surface area (Å²) in [6, 6.07) is 2.44. The Bertz CT molecular complexity index is 443. The van der Waals surface area contributed by atoms with E-state index in [9.17, 15) is 22.4 Å². The van der Waals surface area contributed by atoms with Gasteiger partial charge in [-0.05, 0) is 37.1 Å². The monoisotopic (exact) mass is 278 g/mol. The highest BCUT2D eigenvalue weighted by Crippen LogP contribution is 2.18. The number of benzene rings is 1. The highest BCUT2D eigenvalue weighted by molar-refractivity contribution is 5.98. The number of hydrogen-bond donors (Lipinski definition) is 0. The van der Waals surface area contributed by atoms with Crippen molar-refractivity contribution >= 4 is 5.78 Å². The van der Waals surface area contributed by atoms with Gasteiger partial charge in [-0.15, -0.1) is 0 Å². The number of aryl methyl sites for hydroxylation is 2. The summed E-state index contributed by atoms with van der Waals surface area (Å²) in [4.78, 5) is 11.8. The highest BCUT2D eigenvalue weighted by atomic mass is 19.4. The molecule has 0 aromatic heterocycles. The molecule has 0 atom stereocenters. The van der Waals surface area contributed by atoms with E-state index >= 15 is 0 Å². The molecule has 2 nitrogen and oxygen atoms in total. The molecule has 0 saturated heterocycles. The second-order valence-corrected chi connectivity index (χ2v) is 4.26. The van der Waals surface area contributed by atoms with Crippen LogP contribution in [-0.2, 0) is 4.74 Å². The lowest BCUT2D eigenvalue weighted by Gasteiger charge is -2.10. The van der Waals surface area contributed by atoms with Crippen LogP contribution in [0.4, 0.5) is 17.6 Å². The van der Waals surface area contributed by atoms with Crippen LogP contribution in [0.25, 0.3) is 0 Å². The average Bonchev–Trinajstić information content (AvgIpc) is 2.21. The van der Waals surface area contributed by atoms with E-state index < -0.39 is 18.6 Å². The minimum absolute atomic E-state index is 0.163. The van der Waals surface area contributed by atoms with E-state index in [0.717, 1.165) is 0 Å². The third kappa shape index (κ3) is 4.98. The van der Waals surface area contributed by atoms with Crippen molar-refractivity contribution in [1.82, 2.24) is 0 Å². The van der Waals surface area contributed by atoms with Gasteiger partial charge in [0.05, 0.1) is 6.61 Å². The van der Waals surface area contributed by atoms with Crippen LogP contribution in [0.5, 0.6) is 0 Å². The number of Topliss-reactive ketones (excluding diaryl/α,β-unsaturated/α-hetero) is 1. The van der Waals surface area contributed by atoms with Crippen LogP contribution in [0.3, 0.4) is 0 Å². The second-order valence-electron chi connectivity index (χ2n) is 4.26. The number of ether oxygens (including phenoxy) is 1. The van der Waals surface area contributed by atoms with E-state index in [2.05, 4.69) is 4.74 Å². The summed E-state index contributed by atoms with van der Waals surface area (Å²) in [5.41, 5.74) is 1.29. The average molecular weight is 278 g/mol. The zero-order valence-electron chi connectivity index (χ0n) is 10.6. The van der Waals surface area contributed by atoms with Gasteiger partial charge in [0.2, 0.25) is 0 Å². The lowest BCUT2D eigenvalue weighted by Crippen LogP contribution is -2.18. The molecule has 0 N–H and O–H groups in total. The Kier molecular flexibility index (Phi) is 5.05. The van der Waals surface area contributed by atoms with Gasteiger partial charge in [0.15, 0.2) is 5.78 Å². The normalized spacial score (nSPS) is 11.7. The van der Waals surface area contributed by atoms with Gasteiger partial charge in [0, 0.05) is 12.0 Å². The van der Waals surface area contributed by atoms with Crippen molar-refractivity contribution in [3.05, 3.63) is 34.6 Å². The van der Waals surface area contributed by atoms with E-state index in [-0.39, 0.29) is 18.8 Å². The van der Waals surface area contributed by atoms with Gasteiger partial charge >= 0.3 is 6.18 Å². The third-order valence-corrected chi connectivity index (χ3v) is 2.52. The largest absolute Gasteiger partial charge is 0.411 e. The maximum Gasteiger partial charge on any atom is 0.411 e. The Hall–Kier alpha value is -1.43. The summed E-state index contributed by atoms with van der Waals surface area (Å²) < 4.78 is 52.9. The maximum atomic E-state index is 13.0. The summed E-state index contributed by atoms with van der Waals surface area (Å²) in [7, 11) is 0. The highest BCUT2D eigenvalue weighted by Gasteiger charge is 2.27. The van der Waals surface area contributed by atoms with Crippen molar-refractivity contribution in [1.29, 1.82) is 0 Å². The number of halogens is 4. The first-order valence-electron chi connectivity index (χ1n) is 5.65. The molecular formula is C13H14F4O2. The van der Waals surface area contributed by atoms with E-state index in [4.69, 9.17) is 0 Å². The molecule has 0 saturated carbocycles. The number of ketones is 1. The predicted octanol–water partition coefficient (Wildman–Crippen LogP) is 3.59. The molecule has 19 heavy (non-hydrogen) atoms. The zero-order valence-corrected chi connectivity index (χ0v) is 10.6. The molecule has 0 amide bonds. The summed E-state index contributed by atoms with van der Waals surface area (Å²) in [6.07, 6.45) is -4.56. The maximum absolute atomic E-state index is 13.0. The Morgan fingerprint density at radius 1 is 1.21 bits per heavy atom. The van der Waals surface area contributed by atoms with E-state index in [1.807, 2.05) is 0 Å². The standard InChI is InChI=1S/C13H14F4O2/c1-8-5-10(14)6-9(2)12(8)11(18)3-4-19-7-13(15,16)17/h5-6H,3-4,7H2,1-2H3. The first-order valence-corrected chi connectivity index (χ1v) is 5.65. The Balaban J connectivity index is 2.60. The summed E-state index contributed by atoms with van der Waals surface area (Å²) in [5.74, 6) is -0.794. The summed E-state index contributed by atoms with van der Waals surface area (Å²) in [5, 5.41) is 0. The van der Waals surface area contributed by atoms with Gasteiger partial charge in [-0.1, -0.05) is 0 Å². The van der Waals surface area contributed by atoms with Crippen LogP contribution < -0.4 is 0 Å². The van der Waals surface area contributed by atoms with Crippen LogP contribution in [0.2, 0.25) is 0 Å². The molecule has 0 bridgehead atoms. The van der Waals surface area contributed by atoms with Crippen molar-refractivity contribution in [2.24, 2.45) is 0 Å². The van der Waals surface area contributed by atoms with Gasteiger partial charge in [-0.25, -0.2) is 4.39 Å². The first kappa shape index (κ1) is 15.6. The SMILES string of the molecule is Cc1cc(F)cc(C)c1C(=O)CCOCC(F)(F)F. The van der Waals surface area contributed by atoms with Gasteiger partial charge in [0.1, 0.15) is 12.4 Å². The van der Waals surface area contributed by atoms with Gasteiger partial charge in [-0.2, -0.15) is 13.2 Å². The van der Waals surface area contributed by atoms with E-state index in [1.165, 1.54) is 12.1 Å². The minimum atomic E-state index is -4.40. The van der Waals surface area contributed by atoms with Crippen LogP contribution in [-0.4, -0.2) is 25.2 Å². The van der Waals surface area contributed by atoms with Crippen LogP contribution in [0.1, 0.15) is 27.9 Å². The fourth-order valence-electron chi connectivity index (χ4n) is 1.83. The van der Waals surface area contributed by atoms with Gasteiger partial charge in [-0.3, -0.25) is 4.79 Å². The fourth-order valence-corrected chi connectivity index (χ4v) is 1.83. The van der Waals surface area contributed by atoms with Crippen molar-refractivity contribution < 1.29 is 27.1 Å². The van der Waals surface area contributed by atoms with Crippen LogP contribution in [0.15, 0.2) is 12.1 Å². The molecule has 1 aromatic carbocycles. The molecule has 1 rings (SSSR count). The molecule has 0 unspecified atom stereocenters. The van der Waals surface area contributed by atoms with Crippen molar-refractivity contribution in [3.8, 4) is 0 Å². The molecule has 0 fully saturated rings. The smallest absolute Gasteiger partial charge is 0.372 e. The molecule has 106 valence electrons. The minimum Gasteiger partial charge on any atom is -0.372 e. The topological polar surface area (TPSA) is 26.3 Å². The molecule has 0 spiro atoms. The molecule has 0 radical (unpaired) electrons. The number of carbonyl (C=O) groups is 1. The Morgan fingerprint density at radius 3 is 2.21 bits per heavy atom. The van der Waals surface area contributed by atoms with E-state index in [0.29, 0.717) is 16.7 Å². The summed E-state index contributed by atoms with van der Waals surface area (Å²) >= 11 is 0. The van der Waals surface area contributed by atoms with Crippen molar-refractivity contribution in [3.63, 3.8) is 0 Å². The number of rotatable bonds is 5. The zero-order chi connectivity index (χ0) is 14.6. The molecule has 0 aliphatic heterocycles. The lowest BCUT2D eigenvalue weighted by atomic mass is 9.97. The van der Waals surface area contributed by atoms with E-state index in [1.54, 1.807) is 13.8 Å². The molecular weight excluding hydrogens is 264 g/mol. The molecule has 0 aliphatic carbocycles. The predicted molar refractivity (Wildman–Crippen MR) is 61.7 cm³/mol. The van der Waals surface area contributed by atoms with Crippen molar-refractivity contribution in [2.45, 2.75) is 26.4 Å². The van der Waals surface area contributed by atoms with Crippen LogP contribution in [0, 0.1) is 19.7 Å². The van der Waals surface area contributed by atoms with Crippen LogP contribution >= 0.6 is 0 Å². The lowest BCUT2D eigenvalue weighted by molar-refractivity contribution is -0.173. The molecule has 0 aliphatic rings.